The molecule has 2 aromatic carbocycles. The van der Waals surface area contributed by atoms with Gasteiger partial charge in [-0.2, -0.15) is 5.10 Å². The van der Waals surface area contributed by atoms with Crippen molar-refractivity contribution < 1.29 is 9.84 Å². The number of hydrogen-bond acceptors (Lipinski definition) is 4. The SMILES string of the molecule is Cc1nnc(Oc2ccc(O)cc2)c2ccccc12. The first kappa shape index (κ1) is 11.5. The number of nitrogens with zero attached hydrogens (tertiary/aromatic N) is 2. The topological polar surface area (TPSA) is 55.2 Å². The third kappa shape index (κ3) is 2.20. The summed E-state index contributed by atoms with van der Waals surface area (Å²) >= 11 is 0. The maximum Gasteiger partial charge on any atom is 0.246 e. The molecule has 0 fully saturated rings. The zero-order valence-electron chi connectivity index (χ0n) is 10.4. The lowest BCUT2D eigenvalue weighted by molar-refractivity contribution is 0.453. The number of ether oxygens (including phenoxy) is 1. The molecular formula is C15H12N2O2. The van der Waals surface area contributed by atoms with Crippen molar-refractivity contribution in [2.24, 2.45) is 0 Å². The van der Waals surface area contributed by atoms with Crippen LogP contribution in [0.4, 0.5) is 0 Å². The Morgan fingerprint density at radius 1 is 0.895 bits per heavy atom. The number of phenolic OH excluding ortho intramolecular Hbond substituents is 1. The average molecular weight is 252 g/mol. The maximum atomic E-state index is 9.25. The summed E-state index contributed by atoms with van der Waals surface area (Å²) in [6.45, 7) is 1.92. The van der Waals surface area contributed by atoms with E-state index in [1.165, 1.54) is 0 Å². The Labute approximate surface area is 110 Å². The molecule has 0 aliphatic rings. The summed E-state index contributed by atoms with van der Waals surface area (Å²) in [5.41, 5.74) is 0.869. The molecule has 0 spiro atoms. The zero-order chi connectivity index (χ0) is 13.2. The third-order valence-electron chi connectivity index (χ3n) is 2.89. The number of aromatic nitrogens is 2. The minimum atomic E-state index is 0.201. The molecule has 0 amide bonds. The van der Waals surface area contributed by atoms with Crippen LogP contribution in [0, 0.1) is 6.92 Å². The van der Waals surface area contributed by atoms with Gasteiger partial charge in [0.05, 0.1) is 5.69 Å². The minimum Gasteiger partial charge on any atom is -0.508 e. The van der Waals surface area contributed by atoms with Gasteiger partial charge < -0.3 is 9.84 Å². The molecule has 0 unspecified atom stereocenters. The number of hydrogen-bond donors (Lipinski definition) is 1. The van der Waals surface area contributed by atoms with E-state index in [2.05, 4.69) is 10.2 Å². The summed E-state index contributed by atoms with van der Waals surface area (Å²) in [5.74, 6) is 1.28. The highest BCUT2D eigenvalue weighted by Gasteiger charge is 2.08. The Kier molecular flexibility index (Phi) is 2.76. The zero-order valence-corrected chi connectivity index (χ0v) is 10.4. The molecule has 0 saturated carbocycles. The number of rotatable bonds is 2. The molecule has 94 valence electrons. The smallest absolute Gasteiger partial charge is 0.246 e. The second-order valence-corrected chi connectivity index (χ2v) is 4.23. The van der Waals surface area contributed by atoms with Crippen molar-refractivity contribution in [2.75, 3.05) is 0 Å². The van der Waals surface area contributed by atoms with E-state index < -0.39 is 0 Å². The van der Waals surface area contributed by atoms with Crippen molar-refractivity contribution in [1.82, 2.24) is 10.2 Å². The van der Waals surface area contributed by atoms with Crippen LogP contribution in [0.25, 0.3) is 10.8 Å². The average Bonchev–Trinajstić information content (AvgIpc) is 2.45. The maximum absolute atomic E-state index is 9.25. The van der Waals surface area contributed by atoms with Crippen LogP contribution in [0.2, 0.25) is 0 Å². The molecule has 3 rings (SSSR count). The lowest BCUT2D eigenvalue weighted by atomic mass is 10.1. The van der Waals surface area contributed by atoms with Crippen LogP contribution in [-0.4, -0.2) is 15.3 Å². The largest absolute Gasteiger partial charge is 0.508 e. The van der Waals surface area contributed by atoms with E-state index in [-0.39, 0.29) is 5.75 Å². The van der Waals surface area contributed by atoms with Crippen molar-refractivity contribution in [1.29, 1.82) is 0 Å². The molecule has 0 aliphatic carbocycles. The second kappa shape index (κ2) is 4.57. The predicted molar refractivity (Wildman–Crippen MR) is 72.5 cm³/mol. The molecule has 19 heavy (non-hydrogen) atoms. The Hall–Kier alpha value is -2.62. The molecule has 1 N–H and O–H groups in total. The summed E-state index contributed by atoms with van der Waals surface area (Å²) in [5, 5.41) is 19.4. The first-order chi connectivity index (χ1) is 9.24. The molecular weight excluding hydrogens is 240 g/mol. The van der Waals surface area contributed by atoms with Crippen LogP contribution >= 0.6 is 0 Å². The van der Waals surface area contributed by atoms with Gasteiger partial charge in [0.1, 0.15) is 11.5 Å². The van der Waals surface area contributed by atoms with Crippen LogP contribution < -0.4 is 4.74 Å². The lowest BCUT2D eigenvalue weighted by Crippen LogP contribution is -1.94. The van der Waals surface area contributed by atoms with Gasteiger partial charge in [-0.1, -0.05) is 18.2 Å². The first-order valence-corrected chi connectivity index (χ1v) is 5.93. The predicted octanol–water partition coefficient (Wildman–Crippen LogP) is 3.44. The Bertz CT molecular complexity index is 724. The quantitative estimate of drug-likeness (QED) is 0.759. The molecule has 4 nitrogen and oxygen atoms in total. The number of benzene rings is 2. The van der Waals surface area contributed by atoms with E-state index >= 15 is 0 Å². The Balaban J connectivity index is 2.06. The van der Waals surface area contributed by atoms with Crippen LogP contribution in [-0.2, 0) is 0 Å². The van der Waals surface area contributed by atoms with Crippen LogP contribution in [0.3, 0.4) is 0 Å². The van der Waals surface area contributed by atoms with Gasteiger partial charge in [0, 0.05) is 10.8 Å². The molecule has 1 heterocycles. The molecule has 1 aromatic heterocycles. The Morgan fingerprint density at radius 2 is 1.58 bits per heavy atom. The number of aromatic hydroxyl groups is 1. The number of fused-ring (bicyclic) bond motifs is 1. The van der Waals surface area contributed by atoms with E-state index in [0.717, 1.165) is 16.5 Å². The molecule has 0 bridgehead atoms. The third-order valence-corrected chi connectivity index (χ3v) is 2.89. The number of aryl methyl sites for hydroxylation is 1. The fourth-order valence-electron chi connectivity index (χ4n) is 1.91. The van der Waals surface area contributed by atoms with E-state index in [1.807, 2.05) is 31.2 Å². The van der Waals surface area contributed by atoms with Gasteiger partial charge in [-0.05, 0) is 37.3 Å². The van der Waals surface area contributed by atoms with E-state index in [4.69, 9.17) is 4.74 Å². The van der Waals surface area contributed by atoms with Crippen LogP contribution in [0.15, 0.2) is 48.5 Å². The van der Waals surface area contributed by atoms with Crippen molar-refractivity contribution in [3.63, 3.8) is 0 Å². The van der Waals surface area contributed by atoms with Crippen molar-refractivity contribution in [3.05, 3.63) is 54.2 Å². The first-order valence-electron chi connectivity index (χ1n) is 5.93. The van der Waals surface area contributed by atoms with Gasteiger partial charge in [-0.15, -0.1) is 5.10 Å². The fourth-order valence-corrected chi connectivity index (χ4v) is 1.91. The van der Waals surface area contributed by atoms with Crippen LogP contribution in [0.5, 0.6) is 17.4 Å². The van der Waals surface area contributed by atoms with Gasteiger partial charge >= 0.3 is 0 Å². The monoisotopic (exact) mass is 252 g/mol. The summed E-state index contributed by atoms with van der Waals surface area (Å²) in [6.07, 6.45) is 0. The number of phenols is 1. The fraction of sp³-hybridized carbons (Fsp3) is 0.0667. The van der Waals surface area contributed by atoms with Gasteiger partial charge in [0.2, 0.25) is 5.88 Å². The molecule has 0 radical (unpaired) electrons. The van der Waals surface area contributed by atoms with Gasteiger partial charge in [0.15, 0.2) is 0 Å². The second-order valence-electron chi connectivity index (χ2n) is 4.23. The molecule has 0 saturated heterocycles. The van der Waals surface area contributed by atoms with E-state index in [0.29, 0.717) is 11.6 Å². The summed E-state index contributed by atoms with van der Waals surface area (Å²) in [6, 6.07) is 14.3. The highest BCUT2D eigenvalue weighted by Crippen LogP contribution is 2.28. The van der Waals surface area contributed by atoms with Crippen LogP contribution in [0.1, 0.15) is 5.69 Å². The minimum absolute atomic E-state index is 0.201. The normalized spacial score (nSPS) is 10.6. The van der Waals surface area contributed by atoms with Gasteiger partial charge in [0.25, 0.3) is 0 Å². The molecule has 4 heteroatoms. The van der Waals surface area contributed by atoms with Crippen molar-refractivity contribution in [3.8, 4) is 17.4 Å². The van der Waals surface area contributed by atoms with Crippen molar-refractivity contribution >= 4 is 10.8 Å². The molecule has 0 atom stereocenters. The highest BCUT2D eigenvalue weighted by molar-refractivity contribution is 5.88. The van der Waals surface area contributed by atoms with Crippen molar-refractivity contribution in [2.45, 2.75) is 6.92 Å². The van der Waals surface area contributed by atoms with Gasteiger partial charge in [-0.3, -0.25) is 0 Å². The molecule has 0 aliphatic heterocycles. The van der Waals surface area contributed by atoms with E-state index in [9.17, 15) is 5.11 Å². The standard InChI is InChI=1S/C15H12N2O2/c1-10-13-4-2-3-5-14(13)15(17-16-10)19-12-8-6-11(18)7-9-12/h2-9,18H,1H3. The summed E-state index contributed by atoms with van der Waals surface area (Å²) in [4.78, 5) is 0. The Morgan fingerprint density at radius 3 is 2.32 bits per heavy atom. The molecule has 3 aromatic rings. The van der Waals surface area contributed by atoms with Gasteiger partial charge in [-0.25, -0.2) is 0 Å². The van der Waals surface area contributed by atoms with E-state index in [1.54, 1.807) is 24.3 Å². The lowest BCUT2D eigenvalue weighted by Gasteiger charge is -2.08. The summed E-state index contributed by atoms with van der Waals surface area (Å²) < 4.78 is 5.72. The highest BCUT2D eigenvalue weighted by atomic mass is 16.5. The summed E-state index contributed by atoms with van der Waals surface area (Å²) in [7, 11) is 0.